The molecular weight excluding hydrogens is 242 g/mol. The smallest absolute Gasteiger partial charge is 0.0551 e. The molecule has 1 saturated carbocycles. The van der Waals surface area contributed by atoms with E-state index in [9.17, 15) is 0 Å². The fourth-order valence-electron chi connectivity index (χ4n) is 2.25. The molecule has 0 aromatic heterocycles. The van der Waals surface area contributed by atoms with Crippen LogP contribution in [-0.2, 0) is 0 Å². The van der Waals surface area contributed by atoms with Crippen LogP contribution in [-0.4, -0.2) is 0 Å². The van der Waals surface area contributed by atoms with Gasteiger partial charge in [0.25, 0.3) is 0 Å². The van der Waals surface area contributed by atoms with Gasteiger partial charge in [0, 0.05) is 0 Å². The Bertz CT molecular complexity index is 488. The molecule has 0 spiro atoms. The summed E-state index contributed by atoms with van der Waals surface area (Å²) in [5, 5.41) is 0. The van der Waals surface area contributed by atoms with Crippen molar-refractivity contribution in [2.24, 2.45) is 5.73 Å². The number of benzene rings is 2. The molecule has 2 aromatic rings. The Morgan fingerprint density at radius 2 is 1.39 bits per heavy atom. The summed E-state index contributed by atoms with van der Waals surface area (Å²) in [5.74, 6) is 0.817. The molecule has 1 unspecified atom stereocenters. The van der Waals surface area contributed by atoms with Gasteiger partial charge in [-0.1, -0.05) is 54.6 Å². The zero-order chi connectivity index (χ0) is 11.7. The molecule has 1 aliphatic rings. The quantitative estimate of drug-likeness (QED) is 0.885. The van der Waals surface area contributed by atoms with Crippen LogP contribution in [0, 0.1) is 0 Å². The van der Waals surface area contributed by atoms with Crippen molar-refractivity contribution in [3.63, 3.8) is 0 Å². The first-order chi connectivity index (χ1) is 8.34. The molecule has 0 heterocycles. The van der Waals surface area contributed by atoms with E-state index in [0.717, 1.165) is 5.92 Å². The lowest BCUT2D eigenvalue weighted by molar-refractivity contribution is 0.869. The fourth-order valence-corrected chi connectivity index (χ4v) is 2.25. The van der Waals surface area contributed by atoms with Gasteiger partial charge in [0.05, 0.1) is 6.04 Å². The van der Waals surface area contributed by atoms with Gasteiger partial charge in [0.1, 0.15) is 0 Å². The van der Waals surface area contributed by atoms with Crippen LogP contribution in [0.25, 0.3) is 0 Å². The van der Waals surface area contributed by atoms with Gasteiger partial charge in [-0.25, -0.2) is 0 Å². The van der Waals surface area contributed by atoms with Gasteiger partial charge in [-0.05, 0) is 35.4 Å². The van der Waals surface area contributed by atoms with Crippen LogP contribution < -0.4 is 5.73 Å². The van der Waals surface area contributed by atoms with E-state index in [4.69, 9.17) is 5.73 Å². The van der Waals surface area contributed by atoms with Crippen LogP contribution in [0.5, 0.6) is 0 Å². The predicted molar refractivity (Wildman–Crippen MR) is 78.1 cm³/mol. The zero-order valence-electron chi connectivity index (χ0n) is 10.3. The first kappa shape index (κ1) is 13.1. The summed E-state index contributed by atoms with van der Waals surface area (Å²) in [6, 6.07) is 19.1. The topological polar surface area (TPSA) is 26.0 Å². The van der Waals surface area contributed by atoms with E-state index in [1.807, 2.05) is 18.2 Å². The van der Waals surface area contributed by atoms with Crippen molar-refractivity contribution < 1.29 is 0 Å². The van der Waals surface area contributed by atoms with Gasteiger partial charge in [0.2, 0.25) is 0 Å². The van der Waals surface area contributed by atoms with Gasteiger partial charge < -0.3 is 5.73 Å². The normalized spacial score (nSPS) is 15.8. The maximum atomic E-state index is 6.26. The minimum absolute atomic E-state index is 0. The highest BCUT2D eigenvalue weighted by Gasteiger charge is 2.23. The Morgan fingerprint density at radius 1 is 0.833 bits per heavy atom. The van der Waals surface area contributed by atoms with Crippen LogP contribution in [0.4, 0.5) is 0 Å². The maximum Gasteiger partial charge on any atom is 0.0551 e. The van der Waals surface area contributed by atoms with Crippen LogP contribution in [0.2, 0.25) is 0 Å². The molecule has 18 heavy (non-hydrogen) atoms. The molecule has 0 aliphatic heterocycles. The lowest BCUT2D eigenvalue weighted by Gasteiger charge is -2.13. The second-order valence-electron chi connectivity index (χ2n) is 4.83. The summed E-state index contributed by atoms with van der Waals surface area (Å²) in [4.78, 5) is 0. The van der Waals surface area contributed by atoms with Crippen LogP contribution in [0.3, 0.4) is 0 Å². The van der Waals surface area contributed by atoms with Crippen LogP contribution in [0.1, 0.15) is 41.5 Å². The molecule has 2 heteroatoms. The highest BCUT2D eigenvalue weighted by Crippen LogP contribution is 2.40. The Morgan fingerprint density at radius 3 is 1.94 bits per heavy atom. The molecule has 2 aromatic carbocycles. The Hall–Kier alpha value is -1.31. The second kappa shape index (κ2) is 5.55. The summed E-state index contributed by atoms with van der Waals surface area (Å²) in [6.07, 6.45) is 2.70. The van der Waals surface area contributed by atoms with E-state index in [2.05, 4.69) is 36.4 Å². The predicted octanol–water partition coefficient (Wildman–Crippen LogP) is 4.03. The summed E-state index contributed by atoms with van der Waals surface area (Å²) >= 11 is 0. The van der Waals surface area contributed by atoms with Gasteiger partial charge in [0.15, 0.2) is 0 Å². The van der Waals surface area contributed by atoms with E-state index in [0.29, 0.717) is 0 Å². The average molecular weight is 260 g/mol. The molecule has 0 radical (unpaired) electrons. The Kier molecular flexibility index (Phi) is 4.05. The minimum atomic E-state index is -0.00977. The number of rotatable bonds is 3. The zero-order valence-corrected chi connectivity index (χ0v) is 11.1. The molecule has 94 valence electrons. The van der Waals surface area contributed by atoms with Gasteiger partial charge in [-0.2, -0.15) is 0 Å². The SMILES string of the molecule is Cl.NC(c1ccccc1)c1ccc(C2CC2)cc1. The van der Waals surface area contributed by atoms with Crippen LogP contribution in [0.15, 0.2) is 54.6 Å². The summed E-state index contributed by atoms with van der Waals surface area (Å²) in [6.45, 7) is 0. The van der Waals surface area contributed by atoms with E-state index in [1.165, 1.54) is 29.5 Å². The molecule has 1 nitrogen and oxygen atoms in total. The first-order valence-corrected chi connectivity index (χ1v) is 6.25. The van der Waals surface area contributed by atoms with Crippen molar-refractivity contribution in [1.82, 2.24) is 0 Å². The number of hydrogen-bond acceptors (Lipinski definition) is 1. The first-order valence-electron chi connectivity index (χ1n) is 6.25. The minimum Gasteiger partial charge on any atom is -0.320 e. The molecular formula is C16H18ClN. The summed E-state index contributed by atoms with van der Waals surface area (Å²) in [7, 11) is 0. The number of hydrogen-bond donors (Lipinski definition) is 1. The molecule has 0 amide bonds. The van der Waals surface area contributed by atoms with Crippen LogP contribution >= 0.6 is 12.4 Å². The molecule has 0 bridgehead atoms. The number of halogens is 1. The van der Waals surface area contributed by atoms with Gasteiger partial charge in [-0.15, -0.1) is 12.4 Å². The largest absolute Gasteiger partial charge is 0.320 e. The lowest BCUT2D eigenvalue weighted by Crippen LogP contribution is -2.11. The summed E-state index contributed by atoms with van der Waals surface area (Å²) < 4.78 is 0. The highest BCUT2D eigenvalue weighted by molar-refractivity contribution is 5.85. The van der Waals surface area contributed by atoms with Gasteiger partial charge >= 0.3 is 0 Å². The number of nitrogens with two attached hydrogens (primary N) is 1. The maximum absolute atomic E-state index is 6.26. The molecule has 2 N–H and O–H groups in total. The van der Waals surface area contributed by atoms with E-state index < -0.39 is 0 Å². The molecule has 3 rings (SSSR count). The van der Waals surface area contributed by atoms with E-state index >= 15 is 0 Å². The average Bonchev–Trinajstić information content (AvgIpc) is 3.24. The van der Waals surface area contributed by atoms with Crippen molar-refractivity contribution in [2.75, 3.05) is 0 Å². The second-order valence-corrected chi connectivity index (χ2v) is 4.83. The van der Waals surface area contributed by atoms with Gasteiger partial charge in [-0.3, -0.25) is 0 Å². The van der Waals surface area contributed by atoms with Crippen molar-refractivity contribution >= 4 is 12.4 Å². The van der Waals surface area contributed by atoms with Crippen molar-refractivity contribution in [1.29, 1.82) is 0 Å². The Labute approximate surface area is 114 Å². The third-order valence-electron chi connectivity index (χ3n) is 3.50. The fraction of sp³-hybridized carbons (Fsp3) is 0.250. The third-order valence-corrected chi connectivity index (χ3v) is 3.50. The van der Waals surface area contributed by atoms with Crippen molar-refractivity contribution in [3.8, 4) is 0 Å². The highest BCUT2D eigenvalue weighted by atomic mass is 35.5. The monoisotopic (exact) mass is 259 g/mol. The molecule has 1 fully saturated rings. The molecule has 1 aliphatic carbocycles. The summed E-state index contributed by atoms with van der Waals surface area (Å²) in [5.41, 5.74) is 10.1. The van der Waals surface area contributed by atoms with E-state index in [-0.39, 0.29) is 18.4 Å². The molecule has 0 saturated heterocycles. The lowest BCUT2D eigenvalue weighted by atomic mass is 9.98. The van der Waals surface area contributed by atoms with Crippen molar-refractivity contribution in [2.45, 2.75) is 24.8 Å². The van der Waals surface area contributed by atoms with E-state index in [1.54, 1.807) is 0 Å². The third kappa shape index (κ3) is 2.74. The standard InChI is InChI=1S/C16H17N.ClH/c17-16(14-4-2-1-3-5-14)15-10-8-13(9-11-15)12-6-7-12;/h1-5,8-12,16H,6-7,17H2;1H. The molecule has 1 atom stereocenters. The Balaban J connectivity index is 0.00000120. The van der Waals surface area contributed by atoms with Crippen molar-refractivity contribution in [3.05, 3.63) is 71.3 Å².